The van der Waals surface area contributed by atoms with Crippen molar-refractivity contribution in [3.8, 4) is 28.4 Å². The third-order valence-electron chi connectivity index (χ3n) is 15.6. The van der Waals surface area contributed by atoms with Crippen molar-refractivity contribution in [1.82, 2.24) is 10.2 Å². The van der Waals surface area contributed by atoms with Gasteiger partial charge in [-0.2, -0.15) is 18.6 Å². The minimum absolute atomic E-state index is 0.0867. The highest BCUT2D eigenvalue weighted by Crippen LogP contribution is 2.40. The Labute approximate surface area is 509 Å². The molecule has 0 saturated carbocycles. The second-order valence-corrected chi connectivity index (χ2v) is 23.3. The number of aryl methyl sites for hydroxylation is 2. The molecule has 454 valence electrons. The second kappa shape index (κ2) is 27.7. The van der Waals surface area contributed by atoms with Crippen LogP contribution in [0.1, 0.15) is 75.7 Å². The standard InChI is InChI=1S/C67H68N8O12S/c1-7-67(3,4)64(78)65(79)75-34-13-12-21-55(75)66(80)87-56(32-22-42-23-33-57(84-5)58(36-42)85-6)45-15-14-16-48(37-45)86-40-61(77)69-39-60(76)70-63-52-20-11-8-17-49(52)41(2)35-54(63)74-72-47-30-26-44(27-31-47)43-24-28-46(29-25-43)71-73-53-38-59(88(81,82)83)50-18-9-10-19-51(50)62(53)68/h8-11,14-20,23-31,33,35-38,55-56H,7,12-13,21-22,32,34,39-40,68H2,1-6H3,(H,69,77)(H,70,76)(H,81,82,83). The predicted molar refractivity (Wildman–Crippen MR) is 336 cm³/mol. The van der Waals surface area contributed by atoms with Crippen LogP contribution in [-0.2, 0) is 45.2 Å². The van der Waals surface area contributed by atoms with Crippen LogP contribution in [-0.4, -0.2) is 87.3 Å². The fourth-order valence-corrected chi connectivity index (χ4v) is 11.0. The highest BCUT2D eigenvalue weighted by molar-refractivity contribution is 7.86. The number of benzene rings is 8. The summed E-state index contributed by atoms with van der Waals surface area (Å²) in [6.45, 7) is 6.62. The normalized spacial score (nSPS) is 14.0. The van der Waals surface area contributed by atoms with Gasteiger partial charge in [0.25, 0.3) is 21.9 Å². The van der Waals surface area contributed by atoms with E-state index in [2.05, 4.69) is 31.1 Å². The van der Waals surface area contributed by atoms with Gasteiger partial charge >= 0.3 is 5.97 Å². The average Bonchev–Trinajstić information content (AvgIpc) is 1.69. The number of hydrogen-bond donors (Lipinski definition) is 4. The number of fused-ring (bicyclic) bond motifs is 2. The number of hydrogen-bond acceptors (Lipinski definition) is 16. The Morgan fingerprint density at radius 2 is 1.35 bits per heavy atom. The van der Waals surface area contributed by atoms with Crippen LogP contribution in [0.2, 0.25) is 0 Å². The lowest BCUT2D eigenvalue weighted by Gasteiger charge is -2.36. The minimum Gasteiger partial charge on any atom is -0.493 e. The maximum atomic E-state index is 14.2. The van der Waals surface area contributed by atoms with Crippen molar-refractivity contribution in [2.45, 2.75) is 83.3 Å². The van der Waals surface area contributed by atoms with E-state index in [-0.39, 0.29) is 28.2 Å². The molecule has 0 bridgehead atoms. The van der Waals surface area contributed by atoms with Crippen LogP contribution in [0.15, 0.2) is 177 Å². The van der Waals surface area contributed by atoms with Crippen LogP contribution in [0.4, 0.5) is 34.1 Å². The van der Waals surface area contributed by atoms with Gasteiger partial charge in [-0.05, 0) is 139 Å². The topological polar surface area (TPSA) is 279 Å². The number of ketones is 1. The van der Waals surface area contributed by atoms with Gasteiger partial charge in [-0.15, -0.1) is 10.2 Å². The molecule has 1 saturated heterocycles. The molecule has 5 N–H and O–H groups in total. The number of likely N-dealkylation sites (tertiary alicyclic amines) is 1. The molecule has 0 aliphatic carbocycles. The number of azo groups is 2. The Hall–Kier alpha value is -9.86. The van der Waals surface area contributed by atoms with Crippen molar-refractivity contribution in [3.63, 3.8) is 0 Å². The Kier molecular flexibility index (Phi) is 19.7. The molecule has 2 atom stereocenters. The number of nitrogens with one attached hydrogen (secondary N) is 2. The van der Waals surface area contributed by atoms with E-state index in [4.69, 9.17) is 24.7 Å². The Morgan fingerprint density at radius 1 is 0.716 bits per heavy atom. The van der Waals surface area contributed by atoms with E-state index in [0.717, 1.165) is 27.6 Å². The fourth-order valence-electron chi connectivity index (χ4n) is 10.3. The van der Waals surface area contributed by atoms with Gasteiger partial charge < -0.3 is 40.2 Å². The number of rotatable bonds is 23. The molecule has 20 nitrogen and oxygen atoms in total. The Bertz CT molecular complexity index is 4120. The number of nitrogens with two attached hydrogens (primary N) is 1. The van der Waals surface area contributed by atoms with E-state index in [1.165, 1.54) is 11.0 Å². The van der Waals surface area contributed by atoms with Gasteiger partial charge in [0.15, 0.2) is 18.1 Å². The van der Waals surface area contributed by atoms with Crippen molar-refractivity contribution in [1.29, 1.82) is 0 Å². The fraction of sp³-hybridized carbons (Fsp3) is 0.269. The average molecular weight is 1210 g/mol. The number of anilines is 2. The number of amides is 3. The first kappa shape index (κ1) is 62.7. The van der Waals surface area contributed by atoms with Crippen LogP contribution < -0.4 is 30.6 Å². The molecule has 0 spiro atoms. The summed E-state index contributed by atoms with van der Waals surface area (Å²) in [6.07, 6.45) is 2.04. The molecule has 3 amide bonds. The molecule has 88 heavy (non-hydrogen) atoms. The summed E-state index contributed by atoms with van der Waals surface area (Å²) in [5, 5.41) is 25.4. The molecule has 1 aliphatic rings. The molecule has 0 radical (unpaired) electrons. The van der Waals surface area contributed by atoms with Gasteiger partial charge in [0.05, 0.1) is 43.5 Å². The van der Waals surface area contributed by atoms with Gasteiger partial charge in [0, 0.05) is 28.1 Å². The first-order valence-electron chi connectivity index (χ1n) is 28.7. The van der Waals surface area contributed by atoms with Gasteiger partial charge in [-0.25, -0.2) is 4.79 Å². The van der Waals surface area contributed by atoms with Crippen molar-refractivity contribution in [3.05, 3.63) is 168 Å². The summed E-state index contributed by atoms with van der Waals surface area (Å²) >= 11 is 0. The monoisotopic (exact) mass is 1210 g/mol. The van der Waals surface area contributed by atoms with Crippen LogP contribution in [0.5, 0.6) is 17.2 Å². The second-order valence-electron chi connectivity index (χ2n) is 21.9. The molecule has 21 heteroatoms. The van der Waals surface area contributed by atoms with Gasteiger partial charge in [0.2, 0.25) is 11.7 Å². The number of piperidine rings is 1. The minimum atomic E-state index is -4.58. The molecule has 0 aromatic heterocycles. The van der Waals surface area contributed by atoms with Crippen molar-refractivity contribution < 1.29 is 55.9 Å². The highest BCUT2D eigenvalue weighted by Gasteiger charge is 2.41. The van der Waals surface area contributed by atoms with E-state index >= 15 is 0 Å². The number of carbonyl (C=O) groups is 5. The maximum absolute atomic E-state index is 14.2. The van der Waals surface area contributed by atoms with Crippen LogP contribution >= 0.6 is 0 Å². The SMILES string of the molecule is CCC(C)(C)C(=O)C(=O)N1CCCCC1C(=O)OC(CCc1ccc(OC)c(OC)c1)c1cccc(OCC(=O)NCC(=O)Nc2c(N=Nc3ccc(-c4ccc(N=Nc5cc(S(=O)(=O)O)c6ccccc6c5N)cc4)cc3)cc(C)c3ccccc23)c1. The van der Waals surface area contributed by atoms with Crippen LogP contribution in [0.3, 0.4) is 0 Å². The maximum Gasteiger partial charge on any atom is 0.329 e. The van der Waals surface area contributed by atoms with Gasteiger partial charge in [0.1, 0.15) is 34.2 Å². The number of ether oxygens (including phenoxy) is 4. The lowest BCUT2D eigenvalue weighted by atomic mass is 9.84. The Balaban J connectivity index is 0.840. The summed E-state index contributed by atoms with van der Waals surface area (Å²) in [6, 6.07) is 43.0. The molecular weight excluding hydrogens is 1140 g/mol. The molecule has 8 aromatic carbocycles. The summed E-state index contributed by atoms with van der Waals surface area (Å²) in [5.41, 5.74) is 11.6. The largest absolute Gasteiger partial charge is 0.493 e. The highest BCUT2D eigenvalue weighted by atomic mass is 32.2. The summed E-state index contributed by atoms with van der Waals surface area (Å²) in [5.74, 6) is -1.60. The predicted octanol–water partition coefficient (Wildman–Crippen LogP) is 13.4. The summed E-state index contributed by atoms with van der Waals surface area (Å²) in [7, 11) is -1.48. The molecule has 1 aliphatic heterocycles. The van der Waals surface area contributed by atoms with E-state index < -0.39 is 70.3 Å². The Morgan fingerprint density at radius 3 is 2.00 bits per heavy atom. The number of esters is 1. The van der Waals surface area contributed by atoms with Gasteiger partial charge in [-0.3, -0.25) is 23.7 Å². The number of Topliss-reactive ketones (excluding diaryl/α,β-unsaturated/α-hetero) is 1. The molecule has 1 heterocycles. The first-order valence-corrected chi connectivity index (χ1v) is 30.1. The van der Waals surface area contributed by atoms with E-state index in [1.54, 1.807) is 107 Å². The lowest BCUT2D eigenvalue weighted by molar-refractivity contribution is -0.164. The summed E-state index contributed by atoms with van der Waals surface area (Å²) < 4.78 is 57.5. The van der Waals surface area contributed by atoms with Crippen LogP contribution in [0.25, 0.3) is 32.7 Å². The van der Waals surface area contributed by atoms with Crippen LogP contribution in [0, 0.1) is 12.3 Å². The zero-order valence-corrected chi connectivity index (χ0v) is 50.4. The van der Waals surface area contributed by atoms with Crippen molar-refractivity contribution in [2.24, 2.45) is 25.9 Å². The quantitative estimate of drug-likeness (QED) is 0.0153. The third kappa shape index (κ3) is 14.9. The number of methoxy groups -OCH3 is 2. The van der Waals surface area contributed by atoms with Crippen molar-refractivity contribution in [2.75, 3.05) is 45.0 Å². The lowest BCUT2D eigenvalue weighted by Crippen LogP contribution is -2.53. The zero-order chi connectivity index (χ0) is 62.7. The van der Waals surface area contributed by atoms with Gasteiger partial charge in [-0.1, -0.05) is 112 Å². The van der Waals surface area contributed by atoms with E-state index in [0.29, 0.717) is 94.9 Å². The van der Waals surface area contributed by atoms with Crippen molar-refractivity contribution >= 4 is 95.3 Å². The zero-order valence-electron chi connectivity index (χ0n) is 49.6. The molecular formula is C67H68N8O12S. The molecule has 2 unspecified atom stereocenters. The third-order valence-corrected chi connectivity index (χ3v) is 16.5. The molecule has 9 rings (SSSR count). The van der Waals surface area contributed by atoms with E-state index in [9.17, 15) is 36.9 Å². The molecule has 1 fully saturated rings. The smallest absolute Gasteiger partial charge is 0.329 e. The summed E-state index contributed by atoms with van der Waals surface area (Å²) in [4.78, 5) is 69.2. The number of carbonyl (C=O) groups excluding carboxylic acids is 5. The number of nitrogens with zero attached hydrogens (tertiary/aromatic N) is 5. The molecule has 8 aromatic rings. The number of nitrogen functional groups attached to an aromatic ring is 1. The first-order chi connectivity index (χ1) is 42.2. The van der Waals surface area contributed by atoms with E-state index in [1.807, 2.05) is 80.6 Å².